The average molecular weight is 431 g/mol. The third-order valence-electron chi connectivity index (χ3n) is 5.64. The molecule has 0 saturated carbocycles. The van der Waals surface area contributed by atoms with Gasteiger partial charge >= 0.3 is 0 Å². The number of ether oxygens (including phenoxy) is 1. The Bertz CT molecular complexity index is 1350. The van der Waals surface area contributed by atoms with E-state index in [2.05, 4.69) is 10.3 Å². The summed E-state index contributed by atoms with van der Waals surface area (Å²) >= 11 is 0. The van der Waals surface area contributed by atoms with Crippen LogP contribution in [0.4, 0.5) is 10.2 Å². The van der Waals surface area contributed by atoms with Crippen molar-refractivity contribution in [3.05, 3.63) is 70.7 Å². The Balaban J connectivity index is 1.61. The molecule has 0 unspecified atom stereocenters. The van der Waals surface area contributed by atoms with E-state index < -0.39 is 5.91 Å². The van der Waals surface area contributed by atoms with E-state index in [-0.39, 0.29) is 5.82 Å². The van der Waals surface area contributed by atoms with Gasteiger partial charge in [-0.15, -0.1) is 0 Å². The summed E-state index contributed by atoms with van der Waals surface area (Å²) < 4.78 is 19.4. The fourth-order valence-corrected chi connectivity index (χ4v) is 4.16. The average Bonchev–Trinajstić information content (AvgIpc) is 3.13. The molecule has 1 aliphatic rings. The van der Waals surface area contributed by atoms with E-state index in [0.29, 0.717) is 41.8 Å². The van der Waals surface area contributed by atoms with Crippen LogP contribution < -0.4 is 15.8 Å². The van der Waals surface area contributed by atoms with Gasteiger partial charge in [0.05, 0.1) is 23.3 Å². The van der Waals surface area contributed by atoms with Gasteiger partial charge in [-0.05, 0) is 43.5 Å². The number of aryl methyl sites for hydroxylation is 1. The van der Waals surface area contributed by atoms with E-state index in [9.17, 15) is 9.18 Å². The summed E-state index contributed by atoms with van der Waals surface area (Å²) in [6, 6.07) is 11.8. The number of amides is 1. The summed E-state index contributed by atoms with van der Waals surface area (Å²) in [5.41, 5.74) is 9.95. The molecule has 1 aliphatic heterocycles. The molecule has 2 aromatic carbocycles. The van der Waals surface area contributed by atoms with Gasteiger partial charge in [0.25, 0.3) is 5.91 Å². The van der Waals surface area contributed by atoms with E-state index in [4.69, 9.17) is 20.4 Å². The molecule has 0 radical (unpaired) electrons. The zero-order valence-corrected chi connectivity index (χ0v) is 17.5. The van der Waals surface area contributed by atoms with Crippen molar-refractivity contribution in [3.63, 3.8) is 0 Å². The number of aromatic nitrogens is 3. The number of hydrogen-bond acceptors (Lipinski definition) is 5. The molecule has 5 rings (SSSR count). The minimum absolute atomic E-state index is 0.280. The van der Waals surface area contributed by atoms with E-state index >= 15 is 0 Å². The molecule has 2 aromatic heterocycles. The van der Waals surface area contributed by atoms with E-state index in [1.807, 2.05) is 19.1 Å². The number of para-hydroxylation sites is 1. The number of hydrogen-bond donors (Lipinski definition) is 3. The van der Waals surface area contributed by atoms with Gasteiger partial charge in [-0.2, -0.15) is 4.98 Å². The van der Waals surface area contributed by atoms with Crippen LogP contribution in [0.25, 0.3) is 22.3 Å². The van der Waals surface area contributed by atoms with Gasteiger partial charge < -0.3 is 20.8 Å². The molecule has 0 atom stereocenters. The quantitative estimate of drug-likeness (QED) is 0.441. The number of anilines is 1. The molecule has 1 amide bonds. The molecule has 0 aliphatic carbocycles. The van der Waals surface area contributed by atoms with Crippen LogP contribution in [0, 0.1) is 12.7 Å². The lowest BCUT2D eigenvalue weighted by molar-refractivity contribution is 0.100. The second-order valence-electron chi connectivity index (χ2n) is 7.83. The van der Waals surface area contributed by atoms with Crippen LogP contribution in [0.1, 0.15) is 33.6 Å². The molecule has 162 valence electrons. The summed E-state index contributed by atoms with van der Waals surface area (Å²) in [5, 5.41) is 4.14. The lowest BCUT2D eigenvalue weighted by atomic mass is 10.1. The molecule has 0 bridgehead atoms. The largest absolute Gasteiger partial charge is 0.477 e. The minimum Gasteiger partial charge on any atom is -0.477 e. The number of halogens is 1. The van der Waals surface area contributed by atoms with Gasteiger partial charge in [-0.3, -0.25) is 4.79 Å². The number of fused-ring (bicyclic) bond motifs is 2. The number of primary amides is 1. The first-order chi connectivity index (χ1) is 15.5. The molecule has 0 saturated heterocycles. The number of nitrogens with two attached hydrogens (primary N) is 1. The standard InChI is InChI=1S/C24H22FN5O2/c1-13-19(16-7-3-8-17(21(26)31)20(16)28-13)23-29-22(18-9-4-10-32-24(18)30-23)27-12-14-5-2-6-15(25)11-14/h2-3,5-8,11,28H,4,9-10,12H2,1H3,(H2,26,31)(H,27,29,30). The predicted molar refractivity (Wildman–Crippen MR) is 120 cm³/mol. The highest BCUT2D eigenvalue weighted by Crippen LogP contribution is 2.36. The molecule has 4 N–H and O–H groups in total. The van der Waals surface area contributed by atoms with Crippen LogP contribution in [0.5, 0.6) is 5.88 Å². The third kappa shape index (κ3) is 3.53. The number of carbonyl (C=O) groups is 1. The van der Waals surface area contributed by atoms with Gasteiger partial charge in [0.2, 0.25) is 5.88 Å². The number of H-pyrrole nitrogens is 1. The van der Waals surface area contributed by atoms with Gasteiger partial charge in [0.15, 0.2) is 5.82 Å². The highest BCUT2D eigenvalue weighted by Gasteiger charge is 2.23. The molecular weight excluding hydrogens is 409 g/mol. The first-order valence-corrected chi connectivity index (χ1v) is 10.4. The molecule has 0 spiro atoms. The van der Waals surface area contributed by atoms with Crippen LogP contribution in [0.2, 0.25) is 0 Å². The van der Waals surface area contributed by atoms with Crippen molar-refractivity contribution < 1.29 is 13.9 Å². The number of carbonyl (C=O) groups excluding carboxylic acids is 1. The summed E-state index contributed by atoms with van der Waals surface area (Å²) in [6.07, 6.45) is 1.66. The Morgan fingerprint density at radius 1 is 1.25 bits per heavy atom. The molecule has 0 fully saturated rings. The zero-order chi connectivity index (χ0) is 22.2. The maximum Gasteiger partial charge on any atom is 0.250 e. The van der Waals surface area contributed by atoms with Gasteiger partial charge in [0.1, 0.15) is 11.6 Å². The topological polar surface area (TPSA) is 106 Å². The highest BCUT2D eigenvalue weighted by atomic mass is 19.1. The number of aromatic amines is 1. The summed E-state index contributed by atoms with van der Waals surface area (Å²) in [7, 11) is 0. The van der Waals surface area contributed by atoms with Crippen LogP contribution in [-0.4, -0.2) is 27.5 Å². The van der Waals surface area contributed by atoms with E-state index in [1.54, 1.807) is 18.2 Å². The number of rotatable bonds is 5. The Hall–Kier alpha value is -3.94. The maximum absolute atomic E-state index is 13.6. The smallest absolute Gasteiger partial charge is 0.250 e. The number of nitrogens with zero attached hydrogens (tertiary/aromatic N) is 2. The van der Waals surface area contributed by atoms with Crippen molar-refractivity contribution >= 4 is 22.6 Å². The number of benzene rings is 2. The number of nitrogens with one attached hydrogen (secondary N) is 2. The van der Waals surface area contributed by atoms with E-state index in [0.717, 1.165) is 40.6 Å². The predicted octanol–water partition coefficient (Wildman–Crippen LogP) is 4.11. The van der Waals surface area contributed by atoms with Crippen molar-refractivity contribution in [2.75, 3.05) is 11.9 Å². The van der Waals surface area contributed by atoms with Gasteiger partial charge in [-0.1, -0.05) is 24.3 Å². The molecule has 4 aromatic rings. The lowest BCUT2D eigenvalue weighted by Crippen LogP contribution is -2.15. The van der Waals surface area contributed by atoms with Crippen LogP contribution in [0.15, 0.2) is 42.5 Å². The van der Waals surface area contributed by atoms with Crippen molar-refractivity contribution in [1.82, 2.24) is 15.0 Å². The zero-order valence-electron chi connectivity index (χ0n) is 17.5. The van der Waals surface area contributed by atoms with Crippen molar-refractivity contribution in [1.29, 1.82) is 0 Å². The molecule has 32 heavy (non-hydrogen) atoms. The van der Waals surface area contributed by atoms with Gasteiger partial charge in [0, 0.05) is 23.2 Å². The minimum atomic E-state index is -0.504. The van der Waals surface area contributed by atoms with Crippen molar-refractivity contribution in [2.24, 2.45) is 5.73 Å². The van der Waals surface area contributed by atoms with Crippen LogP contribution in [-0.2, 0) is 13.0 Å². The molecule has 7 nitrogen and oxygen atoms in total. The lowest BCUT2D eigenvalue weighted by Gasteiger charge is -2.20. The first kappa shape index (κ1) is 20.0. The molecule has 8 heteroatoms. The Morgan fingerprint density at radius 2 is 2.09 bits per heavy atom. The summed E-state index contributed by atoms with van der Waals surface area (Å²) in [6.45, 7) is 2.91. The second-order valence-corrected chi connectivity index (χ2v) is 7.83. The Labute approximate surface area is 183 Å². The summed E-state index contributed by atoms with van der Waals surface area (Å²) in [4.78, 5) is 24.7. The normalized spacial score (nSPS) is 12.9. The Kier molecular flexibility index (Phi) is 4.97. The molecular formula is C24H22FN5O2. The van der Waals surface area contributed by atoms with Crippen LogP contribution >= 0.6 is 0 Å². The van der Waals surface area contributed by atoms with E-state index in [1.165, 1.54) is 12.1 Å². The Morgan fingerprint density at radius 3 is 2.91 bits per heavy atom. The van der Waals surface area contributed by atoms with Crippen LogP contribution in [0.3, 0.4) is 0 Å². The fourth-order valence-electron chi connectivity index (χ4n) is 4.16. The maximum atomic E-state index is 13.6. The summed E-state index contributed by atoms with van der Waals surface area (Å²) in [5.74, 6) is 0.905. The third-order valence-corrected chi connectivity index (χ3v) is 5.64. The molecule has 3 heterocycles. The van der Waals surface area contributed by atoms with Gasteiger partial charge in [-0.25, -0.2) is 9.37 Å². The second kappa shape index (κ2) is 7.96. The monoisotopic (exact) mass is 431 g/mol. The first-order valence-electron chi connectivity index (χ1n) is 10.4. The highest BCUT2D eigenvalue weighted by molar-refractivity contribution is 6.09. The fraction of sp³-hybridized carbons (Fsp3) is 0.208. The van der Waals surface area contributed by atoms with Crippen molar-refractivity contribution in [3.8, 4) is 17.3 Å². The SMILES string of the molecule is Cc1[nH]c2c(C(N)=O)cccc2c1-c1nc(NCc2cccc(F)c2)c2c(n1)OCCC2. The van der Waals surface area contributed by atoms with Crippen molar-refractivity contribution in [2.45, 2.75) is 26.3 Å².